The van der Waals surface area contributed by atoms with Crippen LogP contribution in [0.4, 0.5) is 5.69 Å². The summed E-state index contributed by atoms with van der Waals surface area (Å²) in [5, 5.41) is 10.8. The van der Waals surface area contributed by atoms with Gasteiger partial charge in [-0.05, 0) is 12.1 Å². The zero-order chi connectivity index (χ0) is 13.2. The number of nitrogens with zero attached hydrogens (tertiary/aromatic N) is 2. The Bertz CT molecular complexity index is 662. The molecule has 0 aliphatic heterocycles. The Morgan fingerprint density at radius 3 is 2.33 bits per heavy atom. The maximum atomic E-state index is 12.0. The van der Waals surface area contributed by atoms with E-state index in [1.165, 1.54) is 30.6 Å². The van der Waals surface area contributed by atoms with Gasteiger partial charge in [0.25, 0.3) is 5.69 Å². The van der Waals surface area contributed by atoms with E-state index in [2.05, 4.69) is 0 Å². The molecule has 0 bridgehead atoms. The molecule has 6 nitrogen and oxygen atoms in total. The van der Waals surface area contributed by atoms with Gasteiger partial charge in [-0.15, -0.1) is 0 Å². The molecule has 1 aromatic heterocycles. The zero-order valence-corrected chi connectivity index (χ0v) is 10.1. The van der Waals surface area contributed by atoms with Crippen molar-refractivity contribution in [1.29, 1.82) is 0 Å². The quantitative estimate of drug-likeness (QED) is 0.623. The van der Waals surface area contributed by atoms with Crippen molar-refractivity contribution in [2.45, 2.75) is 5.75 Å². The Hall–Kier alpha value is -2.15. The molecule has 0 fully saturated rings. The van der Waals surface area contributed by atoms with Crippen LogP contribution in [-0.4, -0.2) is 17.3 Å². The molecule has 0 spiro atoms. The summed E-state index contributed by atoms with van der Waals surface area (Å²) < 4.78 is 25.0. The Kier molecular flexibility index (Phi) is 3.15. The van der Waals surface area contributed by atoms with E-state index in [9.17, 15) is 18.5 Å². The molecule has 0 saturated heterocycles. The van der Waals surface area contributed by atoms with Crippen LogP contribution in [0.3, 0.4) is 0 Å². The van der Waals surface area contributed by atoms with Crippen molar-refractivity contribution in [2.75, 3.05) is 0 Å². The third-order valence-electron chi connectivity index (χ3n) is 2.42. The first-order valence-corrected chi connectivity index (χ1v) is 6.70. The first-order chi connectivity index (χ1) is 8.50. The Morgan fingerprint density at radius 1 is 1.11 bits per heavy atom. The maximum Gasteiger partial charge on any atom is 0.273 e. The van der Waals surface area contributed by atoms with Gasteiger partial charge in [-0.1, -0.05) is 18.2 Å². The van der Waals surface area contributed by atoms with Crippen LogP contribution in [0.5, 0.6) is 0 Å². The zero-order valence-electron chi connectivity index (χ0n) is 9.26. The van der Waals surface area contributed by atoms with Crippen LogP contribution in [0.15, 0.2) is 48.8 Å². The van der Waals surface area contributed by atoms with E-state index in [0.717, 1.165) is 3.97 Å². The van der Waals surface area contributed by atoms with Crippen molar-refractivity contribution in [3.8, 4) is 0 Å². The molecule has 1 heterocycles. The van der Waals surface area contributed by atoms with Crippen LogP contribution in [-0.2, 0) is 15.8 Å². The van der Waals surface area contributed by atoms with E-state index in [1.807, 2.05) is 0 Å². The molecular formula is C11H10N2O4S. The van der Waals surface area contributed by atoms with Crippen molar-refractivity contribution in [3.63, 3.8) is 0 Å². The number of rotatable bonds is 4. The fourth-order valence-electron chi connectivity index (χ4n) is 1.59. The van der Waals surface area contributed by atoms with E-state index in [-0.39, 0.29) is 11.3 Å². The van der Waals surface area contributed by atoms with E-state index in [1.54, 1.807) is 18.2 Å². The predicted molar refractivity (Wildman–Crippen MR) is 65.6 cm³/mol. The summed E-state index contributed by atoms with van der Waals surface area (Å²) in [6.07, 6.45) is 2.79. The molecule has 0 saturated carbocycles. The Labute approximate surface area is 104 Å². The molecule has 0 aliphatic carbocycles. The second-order valence-electron chi connectivity index (χ2n) is 3.66. The average molecular weight is 266 g/mol. The molecule has 0 atom stereocenters. The predicted octanol–water partition coefficient (Wildman–Crippen LogP) is 1.77. The molecule has 1 aromatic carbocycles. The van der Waals surface area contributed by atoms with E-state index in [4.69, 9.17) is 0 Å². The monoisotopic (exact) mass is 266 g/mol. The van der Waals surface area contributed by atoms with Crippen molar-refractivity contribution in [3.05, 3.63) is 64.5 Å². The van der Waals surface area contributed by atoms with Crippen molar-refractivity contribution < 1.29 is 13.3 Å². The normalized spacial score (nSPS) is 11.3. The van der Waals surface area contributed by atoms with Gasteiger partial charge >= 0.3 is 0 Å². The van der Waals surface area contributed by atoms with Gasteiger partial charge in [0.05, 0.1) is 4.92 Å². The van der Waals surface area contributed by atoms with E-state index < -0.39 is 20.7 Å². The molecule has 2 aromatic rings. The lowest BCUT2D eigenvalue weighted by molar-refractivity contribution is -0.385. The first kappa shape index (κ1) is 12.3. The smallest absolute Gasteiger partial charge is 0.258 e. The Balaban J connectivity index is 2.39. The lowest BCUT2D eigenvalue weighted by Crippen LogP contribution is -2.14. The van der Waals surface area contributed by atoms with Crippen molar-refractivity contribution in [2.24, 2.45) is 0 Å². The highest BCUT2D eigenvalue weighted by atomic mass is 32.2. The lowest BCUT2D eigenvalue weighted by Gasteiger charge is -2.06. The largest absolute Gasteiger partial charge is 0.273 e. The second kappa shape index (κ2) is 4.61. The molecule has 0 aliphatic rings. The van der Waals surface area contributed by atoms with Crippen LogP contribution in [0.25, 0.3) is 0 Å². The Morgan fingerprint density at radius 2 is 1.72 bits per heavy atom. The number of hydrogen-bond donors (Lipinski definition) is 0. The number of para-hydroxylation sites is 1. The highest BCUT2D eigenvalue weighted by Gasteiger charge is 2.20. The average Bonchev–Trinajstić information content (AvgIpc) is 2.83. The lowest BCUT2D eigenvalue weighted by atomic mass is 10.2. The second-order valence-corrected chi connectivity index (χ2v) is 5.53. The molecule has 2 rings (SSSR count). The standard InChI is InChI=1S/C11H10N2O4S/c14-13(15)11-6-2-1-5-10(11)9-18(16,17)12-7-3-4-8-12/h1-8H,9H2. The summed E-state index contributed by atoms with van der Waals surface area (Å²) in [6.45, 7) is 0. The van der Waals surface area contributed by atoms with Crippen molar-refractivity contribution >= 4 is 15.7 Å². The fraction of sp³-hybridized carbons (Fsp3) is 0.0909. The molecule has 0 amide bonds. The highest BCUT2D eigenvalue weighted by Crippen LogP contribution is 2.20. The third-order valence-corrected chi connectivity index (χ3v) is 3.99. The van der Waals surface area contributed by atoms with Crippen molar-refractivity contribution in [1.82, 2.24) is 3.97 Å². The van der Waals surface area contributed by atoms with Gasteiger partial charge in [0.15, 0.2) is 0 Å². The number of nitro groups is 1. The summed E-state index contributed by atoms with van der Waals surface area (Å²) in [4.78, 5) is 10.2. The molecule has 94 valence electrons. The highest BCUT2D eigenvalue weighted by molar-refractivity contribution is 7.89. The number of aromatic nitrogens is 1. The minimum absolute atomic E-state index is 0.177. The SMILES string of the molecule is O=[N+]([O-])c1ccccc1CS(=O)(=O)n1cccc1. The van der Waals surface area contributed by atoms with Gasteiger partial charge in [0.2, 0.25) is 10.0 Å². The fourth-order valence-corrected chi connectivity index (χ4v) is 2.88. The maximum absolute atomic E-state index is 12.0. The molecule has 7 heteroatoms. The van der Waals surface area contributed by atoms with Crippen LogP contribution in [0.2, 0.25) is 0 Å². The minimum Gasteiger partial charge on any atom is -0.258 e. The summed E-state index contributed by atoms with van der Waals surface area (Å²) in [5.41, 5.74) is -0.00979. The summed E-state index contributed by atoms with van der Waals surface area (Å²) in [6, 6.07) is 8.98. The third kappa shape index (κ3) is 2.40. The molecule has 0 unspecified atom stereocenters. The molecule has 0 radical (unpaired) electrons. The minimum atomic E-state index is -3.61. The topological polar surface area (TPSA) is 82.2 Å². The summed E-state index contributed by atoms with van der Waals surface area (Å²) in [5.74, 6) is -0.404. The summed E-state index contributed by atoms with van der Waals surface area (Å²) >= 11 is 0. The van der Waals surface area contributed by atoms with Crippen LogP contribution >= 0.6 is 0 Å². The van der Waals surface area contributed by atoms with Gasteiger partial charge < -0.3 is 0 Å². The van der Waals surface area contributed by atoms with Gasteiger partial charge in [-0.3, -0.25) is 14.1 Å². The number of hydrogen-bond acceptors (Lipinski definition) is 4. The molecule has 18 heavy (non-hydrogen) atoms. The van der Waals surface area contributed by atoms with Gasteiger partial charge in [0.1, 0.15) is 5.75 Å². The van der Waals surface area contributed by atoms with Gasteiger partial charge in [0, 0.05) is 24.0 Å². The van der Waals surface area contributed by atoms with Crippen LogP contribution < -0.4 is 0 Å². The summed E-state index contributed by atoms with van der Waals surface area (Å²) in [7, 11) is -3.61. The van der Waals surface area contributed by atoms with Crippen LogP contribution in [0, 0.1) is 10.1 Å². The number of nitro benzene ring substituents is 1. The molecule has 0 N–H and O–H groups in total. The van der Waals surface area contributed by atoms with Gasteiger partial charge in [-0.25, -0.2) is 8.42 Å². The number of benzene rings is 1. The molecular weight excluding hydrogens is 256 g/mol. The van der Waals surface area contributed by atoms with Crippen LogP contribution in [0.1, 0.15) is 5.56 Å². The van der Waals surface area contributed by atoms with E-state index >= 15 is 0 Å². The first-order valence-electron chi connectivity index (χ1n) is 5.09. The van der Waals surface area contributed by atoms with E-state index in [0.29, 0.717) is 0 Å². The van der Waals surface area contributed by atoms with Gasteiger partial charge in [-0.2, -0.15) is 0 Å².